The van der Waals surface area contributed by atoms with Crippen LogP contribution in [-0.2, 0) is 9.53 Å². The van der Waals surface area contributed by atoms with Crippen LogP contribution in [0.15, 0.2) is 18.2 Å². The van der Waals surface area contributed by atoms with Crippen molar-refractivity contribution >= 4 is 5.97 Å². The summed E-state index contributed by atoms with van der Waals surface area (Å²) in [6.07, 6.45) is 0.209. The molecule has 1 unspecified atom stereocenters. The van der Waals surface area contributed by atoms with Gasteiger partial charge in [-0.3, -0.25) is 4.79 Å². The normalized spacial score (nSPS) is 11.9. The fourth-order valence-corrected chi connectivity index (χ4v) is 1.57. The predicted octanol–water partition coefficient (Wildman–Crippen LogP) is 1.01. The molecule has 5 heteroatoms. The predicted molar refractivity (Wildman–Crippen MR) is 63.1 cm³/mol. The SMILES string of the molecule is COC(=O)CC(CN)c1ccc(O)c(OC)c1. The van der Waals surface area contributed by atoms with Crippen LogP contribution in [0, 0.1) is 0 Å². The number of nitrogens with two attached hydrogens (primary N) is 1. The van der Waals surface area contributed by atoms with E-state index in [1.807, 2.05) is 0 Å². The molecule has 0 spiro atoms. The van der Waals surface area contributed by atoms with Crippen molar-refractivity contribution in [1.29, 1.82) is 0 Å². The summed E-state index contributed by atoms with van der Waals surface area (Å²) >= 11 is 0. The summed E-state index contributed by atoms with van der Waals surface area (Å²) in [6, 6.07) is 4.92. The van der Waals surface area contributed by atoms with Crippen LogP contribution < -0.4 is 10.5 Å². The van der Waals surface area contributed by atoms with E-state index in [2.05, 4.69) is 4.74 Å². The first-order chi connectivity index (χ1) is 8.12. The van der Waals surface area contributed by atoms with Gasteiger partial charge in [0, 0.05) is 5.92 Å². The van der Waals surface area contributed by atoms with Crippen molar-refractivity contribution in [2.75, 3.05) is 20.8 Å². The number of esters is 1. The molecule has 0 saturated heterocycles. The number of phenolic OH excluding ortho intramolecular Hbond substituents is 1. The highest BCUT2D eigenvalue weighted by atomic mass is 16.5. The monoisotopic (exact) mass is 239 g/mol. The molecule has 3 N–H and O–H groups in total. The lowest BCUT2D eigenvalue weighted by Crippen LogP contribution is -2.17. The molecule has 1 rings (SSSR count). The summed E-state index contributed by atoms with van der Waals surface area (Å²) in [4.78, 5) is 11.2. The number of rotatable bonds is 5. The summed E-state index contributed by atoms with van der Waals surface area (Å²) in [7, 11) is 2.81. The van der Waals surface area contributed by atoms with E-state index in [1.165, 1.54) is 20.3 Å². The van der Waals surface area contributed by atoms with Gasteiger partial charge in [-0.1, -0.05) is 6.07 Å². The molecule has 0 fully saturated rings. The summed E-state index contributed by atoms with van der Waals surface area (Å²) in [5, 5.41) is 9.47. The summed E-state index contributed by atoms with van der Waals surface area (Å²) in [5.41, 5.74) is 6.47. The Bertz CT molecular complexity index is 392. The Hall–Kier alpha value is -1.75. The maximum Gasteiger partial charge on any atom is 0.306 e. The molecule has 0 aliphatic heterocycles. The van der Waals surface area contributed by atoms with Crippen LogP contribution in [0.25, 0.3) is 0 Å². The Morgan fingerprint density at radius 1 is 1.47 bits per heavy atom. The molecule has 1 atom stereocenters. The van der Waals surface area contributed by atoms with Crippen molar-refractivity contribution in [3.8, 4) is 11.5 Å². The molecule has 0 bridgehead atoms. The Morgan fingerprint density at radius 3 is 2.71 bits per heavy atom. The van der Waals surface area contributed by atoms with Crippen LogP contribution in [-0.4, -0.2) is 31.8 Å². The highest BCUT2D eigenvalue weighted by molar-refractivity contribution is 5.70. The number of hydrogen-bond donors (Lipinski definition) is 2. The van der Waals surface area contributed by atoms with Crippen molar-refractivity contribution < 1.29 is 19.4 Å². The second kappa shape index (κ2) is 6.10. The zero-order valence-electron chi connectivity index (χ0n) is 9.97. The molecule has 1 aromatic carbocycles. The molecule has 94 valence electrons. The number of hydrogen-bond acceptors (Lipinski definition) is 5. The quantitative estimate of drug-likeness (QED) is 0.749. The molecule has 0 aliphatic rings. The highest BCUT2D eigenvalue weighted by Crippen LogP contribution is 2.30. The van der Waals surface area contributed by atoms with Crippen molar-refractivity contribution in [2.45, 2.75) is 12.3 Å². The van der Waals surface area contributed by atoms with E-state index in [0.717, 1.165) is 5.56 Å². The van der Waals surface area contributed by atoms with Gasteiger partial charge in [-0.25, -0.2) is 0 Å². The maximum absolute atomic E-state index is 11.2. The van der Waals surface area contributed by atoms with Gasteiger partial charge in [-0.05, 0) is 24.2 Å². The molecular formula is C12H17NO4. The number of aromatic hydroxyl groups is 1. The first-order valence-corrected chi connectivity index (χ1v) is 5.26. The van der Waals surface area contributed by atoms with Gasteiger partial charge >= 0.3 is 5.97 Å². The van der Waals surface area contributed by atoms with E-state index >= 15 is 0 Å². The number of ether oxygens (including phenoxy) is 2. The van der Waals surface area contributed by atoms with Gasteiger partial charge in [-0.2, -0.15) is 0 Å². The van der Waals surface area contributed by atoms with Gasteiger partial charge in [0.15, 0.2) is 11.5 Å². The van der Waals surface area contributed by atoms with Crippen molar-refractivity contribution in [3.05, 3.63) is 23.8 Å². The van der Waals surface area contributed by atoms with Gasteiger partial charge in [0.1, 0.15) is 0 Å². The minimum absolute atomic E-state index is 0.0603. The zero-order valence-corrected chi connectivity index (χ0v) is 9.97. The molecule has 0 amide bonds. The molecule has 17 heavy (non-hydrogen) atoms. The average molecular weight is 239 g/mol. The van der Waals surface area contributed by atoms with E-state index in [4.69, 9.17) is 10.5 Å². The maximum atomic E-state index is 11.2. The second-order valence-corrected chi connectivity index (χ2v) is 3.64. The Morgan fingerprint density at radius 2 is 2.18 bits per heavy atom. The number of methoxy groups -OCH3 is 2. The van der Waals surface area contributed by atoms with Crippen LogP contribution in [0.1, 0.15) is 17.9 Å². The summed E-state index contributed by atoms with van der Waals surface area (Å²) < 4.78 is 9.61. The standard InChI is InChI=1S/C12H17NO4/c1-16-11-5-8(3-4-10(11)14)9(7-13)6-12(15)17-2/h3-5,9,14H,6-7,13H2,1-2H3. The van der Waals surface area contributed by atoms with Gasteiger partial charge in [0.2, 0.25) is 0 Å². The highest BCUT2D eigenvalue weighted by Gasteiger charge is 2.16. The smallest absolute Gasteiger partial charge is 0.306 e. The lowest BCUT2D eigenvalue weighted by Gasteiger charge is -2.15. The topological polar surface area (TPSA) is 81.8 Å². The molecular weight excluding hydrogens is 222 g/mol. The first-order valence-electron chi connectivity index (χ1n) is 5.26. The number of carbonyl (C=O) groups excluding carboxylic acids is 1. The van der Waals surface area contributed by atoms with E-state index in [1.54, 1.807) is 12.1 Å². The molecule has 0 radical (unpaired) electrons. The van der Waals surface area contributed by atoms with Gasteiger partial charge in [0.05, 0.1) is 20.6 Å². The Balaban J connectivity index is 2.91. The van der Waals surface area contributed by atoms with Gasteiger partial charge < -0.3 is 20.3 Å². The van der Waals surface area contributed by atoms with E-state index in [-0.39, 0.29) is 24.1 Å². The number of phenols is 1. The molecule has 5 nitrogen and oxygen atoms in total. The van der Waals surface area contributed by atoms with Crippen molar-refractivity contribution in [2.24, 2.45) is 5.73 Å². The van der Waals surface area contributed by atoms with Crippen LogP contribution in [0.2, 0.25) is 0 Å². The van der Waals surface area contributed by atoms with Crippen LogP contribution >= 0.6 is 0 Å². The lowest BCUT2D eigenvalue weighted by molar-refractivity contribution is -0.141. The zero-order chi connectivity index (χ0) is 12.8. The fraction of sp³-hybridized carbons (Fsp3) is 0.417. The fourth-order valence-electron chi connectivity index (χ4n) is 1.57. The summed E-state index contributed by atoms with van der Waals surface area (Å²) in [6.45, 7) is 0.322. The van der Waals surface area contributed by atoms with Crippen LogP contribution in [0.4, 0.5) is 0 Å². The van der Waals surface area contributed by atoms with E-state index < -0.39 is 0 Å². The minimum atomic E-state index is -0.313. The summed E-state index contributed by atoms with van der Waals surface area (Å²) in [5.74, 6) is -0.0275. The van der Waals surface area contributed by atoms with Crippen molar-refractivity contribution in [3.63, 3.8) is 0 Å². The van der Waals surface area contributed by atoms with Gasteiger partial charge in [-0.15, -0.1) is 0 Å². The number of benzene rings is 1. The third-order valence-electron chi connectivity index (χ3n) is 2.60. The minimum Gasteiger partial charge on any atom is -0.504 e. The largest absolute Gasteiger partial charge is 0.504 e. The van der Waals surface area contributed by atoms with Crippen molar-refractivity contribution in [1.82, 2.24) is 0 Å². The molecule has 0 aliphatic carbocycles. The third kappa shape index (κ3) is 3.35. The van der Waals surface area contributed by atoms with E-state index in [9.17, 15) is 9.90 Å². The lowest BCUT2D eigenvalue weighted by atomic mass is 9.95. The van der Waals surface area contributed by atoms with Gasteiger partial charge in [0.25, 0.3) is 0 Å². The van der Waals surface area contributed by atoms with Crippen LogP contribution in [0.5, 0.6) is 11.5 Å². The molecule has 0 heterocycles. The van der Waals surface area contributed by atoms with E-state index in [0.29, 0.717) is 12.3 Å². The average Bonchev–Trinajstić information content (AvgIpc) is 2.36. The second-order valence-electron chi connectivity index (χ2n) is 3.64. The Kier molecular flexibility index (Phi) is 4.78. The Labute approximate surface area is 100 Å². The molecule has 0 saturated carbocycles. The third-order valence-corrected chi connectivity index (χ3v) is 2.60. The van der Waals surface area contributed by atoms with Crippen LogP contribution in [0.3, 0.4) is 0 Å². The number of carbonyl (C=O) groups is 1. The first kappa shape index (κ1) is 13.3. The molecule has 0 aromatic heterocycles. The molecule has 1 aromatic rings.